The molecule has 0 unspecified atom stereocenters. The second-order valence-corrected chi connectivity index (χ2v) is 9.99. The monoisotopic (exact) mass is 529 g/mol. The number of aromatic amines is 1. The van der Waals surface area contributed by atoms with E-state index in [1.54, 1.807) is 10.7 Å². The minimum Gasteiger partial charge on any atom is -0.456 e. The number of aliphatic hydroxyl groups is 1. The third-order valence-electron chi connectivity index (χ3n) is 7.04. The Bertz CT molecular complexity index is 1620. The van der Waals surface area contributed by atoms with E-state index in [0.29, 0.717) is 34.5 Å². The van der Waals surface area contributed by atoms with Crippen LogP contribution in [0.1, 0.15) is 0 Å². The largest absolute Gasteiger partial charge is 0.456 e. The van der Waals surface area contributed by atoms with Crippen LogP contribution in [-0.4, -0.2) is 67.5 Å². The van der Waals surface area contributed by atoms with Gasteiger partial charge in [0.1, 0.15) is 18.3 Å². The second-order valence-electron chi connectivity index (χ2n) is 9.58. The van der Waals surface area contributed by atoms with Crippen LogP contribution < -0.4 is 4.74 Å². The third-order valence-corrected chi connectivity index (χ3v) is 7.32. The van der Waals surface area contributed by atoms with Crippen molar-refractivity contribution in [3.05, 3.63) is 71.9 Å². The molecule has 5 heterocycles. The summed E-state index contributed by atoms with van der Waals surface area (Å²) in [6.07, 6.45) is 0.244. The molecule has 4 atom stereocenters. The molecule has 2 aromatic carbocycles. The van der Waals surface area contributed by atoms with E-state index < -0.39 is 6.10 Å². The summed E-state index contributed by atoms with van der Waals surface area (Å²) in [4.78, 5) is 12.3. The van der Waals surface area contributed by atoms with E-state index in [9.17, 15) is 5.11 Å². The molecule has 2 N–H and O–H groups in total. The second kappa shape index (κ2) is 9.21. The number of H-pyrrole nitrogens is 1. The van der Waals surface area contributed by atoms with Crippen LogP contribution >= 0.6 is 11.6 Å². The Balaban J connectivity index is 1.11. The molecular formula is C28H24ClN5O4. The molecule has 2 saturated heterocycles. The highest BCUT2D eigenvalue weighted by atomic mass is 35.5. The Morgan fingerprint density at radius 1 is 0.921 bits per heavy atom. The van der Waals surface area contributed by atoms with Gasteiger partial charge in [-0.1, -0.05) is 60.1 Å². The minimum atomic E-state index is -0.635. The predicted molar refractivity (Wildman–Crippen MR) is 142 cm³/mol. The van der Waals surface area contributed by atoms with E-state index in [4.69, 9.17) is 30.8 Å². The zero-order valence-corrected chi connectivity index (χ0v) is 21.2. The fourth-order valence-corrected chi connectivity index (χ4v) is 5.33. The maximum Gasteiger partial charge on any atom is 0.296 e. The van der Waals surface area contributed by atoms with E-state index in [-0.39, 0.29) is 24.9 Å². The summed E-state index contributed by atoms with van der Waals surface area (Å²) < 4.78 is 19.1. The molecule has 5 aromatic rings. The van der Waals surface area contributed by atoms with Crippen LogP contribution in [0, 0.1) is 0 Å². The van der Waals surface area contributed by atoms with Crippen molar-refractivity contribution in [1.82, 2.24) is 24.7 Å². The third kappa shape index (κ3) is 4.13. The Morgan fingerprint density at radius 2 is 1.61 bits per heavy atom. The lowest BCUT2D eigenvalue weighted by Crippen LogP contribution is -2.34. The van der Waals surface area contributed by atoms with Crippen molar-refractivity contribution >= 4 is 22.8 Å². The molecule has 10 heteroatoms. The normalized spacial score (nSPS) is 22.7. The lowest BCUT2D eigenvalue weighted by Gasteiger charge is -2.15. The number of benzene rings is 2. The van der Waals surface area contributed by atoms with Gasteiger partial charge < -0.3 is 24.3 Å². The number of halogens is 1. The Kier molecular flexibility index (Phi) is 5.66. The van der Waals surface area contributed by atoms with Crippen LogP contribution in [0.5, 0.6) is 6.01 Å². The number of aliphatic hydroxyl groups excluding tert-OH is 1. The van der Waals surface area contributed by atoms with Crippen LogP contribution in [0.4, 0.5) is 0 Å². The molecule has 0 amide bonds. The molecule has 0 radical (unpaired) electrons. The lowest BCUT2D eigenvalue weighted by atomic mass is 10.0. The summed E-state index contributed by atoms with van der Waals surface area (Å²) in [5.74, 6) is 0. The van der Waals surface area contributed by atoms with Crippen LogP contribution in [0.15, 0.2) is 66.9 Å². The van der Waals surface area contributed by atoms with Crippen molar-refractivity contribution < 1.29 is 19.3 Å². The molecule has 192 valence electrons. The Hall–Kier alpha value is -3.76. The highest BCUT2D eigenvalue weighted by molar-refractivity contribution is 6.33. The van der Waals surface area contributed by atoms with Gasteiger partial charge >= 0.3 is 0 Å². The van der Waals surface area contributed by atoms with Gasteiger partial charge in [0.25, 0.3) is 6.01 Å². The maximum absolute atomic E-state index is 9.95. The van der Waals surface area contributed by atoms with E-state index in [1.807, 2.05) is 31.4 Å². The molecule has 3 aromatic heterocycles. The molecule has 38 heavy (non-hydrogen) atoms. The first-order valence-corrected chi connectivity index (χ1v) is 12.7. The number of imidazole rings is 1. The van der Waals surface area contributed by atoms with Gasteiger partial charge in [0.05, 0.1) is 35.1 Å². The lowest BCUT2D eigenvalue weighted by molar-refractivity contribution is 0.00706. The van der Waals surface area contributed by atoms with Gasteiger partial charge in [0.2, 0.25) is 0 Å². The average Bonchev–Trinajstić information content (AvgIpc) is 3.71. The van der Waals surface area contributed by atoms with Gasteiger partial charge in [0.15, 0.2) is 11.8 Å². The van der Waals surface area contributed by atoms with Crippen molar-refractivity contribution in [3.63, 3.8) is 0 Å². The summed E-state index contributed by atoms with van der Waals surface area (Å²) >= 11 is 6.61. The number of ether oxygens (including phenoxy) is 3. The smallest absolute Gasteiger partial charge is 0.296 e. The van der Waals surface area contributed by atoms with E-state index in [1.165, 1.54) is 0 Å². The van der Waals surface area contributed by atoms with Crippen LogP contribution in [-0.2, 0) is 16.5 Å². The zero-order valence-electron chi connectivity index (χ0n) is 20.4. The van der Waals surface area contributed by atoms with Gasteiger partial charge in [-0.15, -0.1) is 0 Å². The summed E-state index contributed by atoms with van der Waals surface area (Å²) in [6, 6.07) is 20.6. The van der Waals surface area contributed by atoms with Gasteiger partial charge in [-0.2, -0.15) is 10.1 Å². The first kappa shape index (κ1) is 23.4. The van der Waals surface area contributed by atoms with Crippen LogP contribution in [0.25, 0.3) is 44.8 Å². The molecule has 0 bridgehead atoms. The number of pyridine rings is 1. The molecule has 9 nitrogen and oxygen atoms in total. The van der Waals surface area contributed by atoms with Crippen molar-refractivity contribution in [2.45, 2.75) is 24.4 Å². The van der Waals surface area contributed by atoms with Crippen molar-refractivity contribution in [3.8, 4) is 39.7 Å². The molecule has 2 fully saturated rings. The highest BCUT2D eigenvalue weighted by Crippen LogP contribution is 2.33. The highest BCUT2D eigenvalue weighted by Gasteiger charge is 2.48. The SMILES string of the molecule is Cn1ccc(-c2ccc(-c3ccc(-c4nc5nc(O[C@@H]6CO[C@H]7[C@@H]6OC[C@H]7O)[nH]c5cc4Cl)cc3)cc2)n1. The first-order valence-electron chi connectivity index (χ1n) is 12.4. The maximum atomic E-state index is 9.95. The minimum absolute atomic E-state index is 0.241. The quantitative estimate of drug-likeness (QED) is 0.350. The van der Waals surface area contributed by atoms with E-state index in [2.05, 4.69) is 51.5 Å². The number of nitrogens with zero attached hydrogens (tertiary/aromatic N) is 4. The fraction of sp³-hybridized carbons (Fsp3) is 0.250. The van der Waals surface area contributed by atoms with Crippen molar-refractivity contribution in [1.29, 1.82) is 0 Å². The van der Waals surface area contributed by atoms with Crippen molar-refractivity contribution in [2.24, 2.45) is 7.05 Å². The predicted octanol–water partition coefficient (Wildman–Crippen LogP) is 4.25. The van der Waals surface area contributed by atoms with Gasteiger partial charge in [-0.05, 0) is 23.3 Å². The average molecular weight is 530 g/mol. The molecule has 0 saturated carbocycles. The molecule has 0 aliphatic carbocycles. The number of hydrogen-bond acceptors (Lipinski definition) is 7. The van der Waals surface area contributed by atoms with Gasteiger partial charge in [-0.3, -0.25) is 4.68 Å². The standard InChI is InChI=1S/C28H24ClN5O4/c1-34-11-10-20(33-34)17-6-2-15(3-7-17)16-4-8-18(9-5-16)24-19(29)12-21-27(31-24)32-28(30-21)38-23-14-37-25-22(35)13-36-26(23)25/h2-12,22-23,25-26,35H,13-14H2,1H3,(H,30,31,32)/t22-,23-,25-,26-/m1/s1. The van der Waals surface area contributed by atoms with Crippen LogP contribution in [0.2, 0.25) is 5.02 Å². The van der Waals surface area contributed by atoms with E-state index in [0.717, 1.165) is 27.9 Å². The summed E-state index contributed by atoms with van der Waals surface area (Å²) in [6.45, 7) is 0.562. The number of nitrogens with one attached hydrogen (secondary N) is 1. The molecule has 7 rings (SSSR count). The molecular weight excluding hydrogens is 506 g/mol. The zero-order chi connectivity index (χ0) is 25.8. The number of fused-ring (bicyclic) bond motifs is 2. The number of aromatic nitrogens is 5. The number of aryl methyl sites for hydroxylation is 1. The van der Waals surface area contributed by atoms with Gasteiger partial charge in [0, 0.05) is 24.4 Å². The summed E-state index contributed by atoms with van der Waals surface area (Å²) in [5, 5.41) is 14.9. The molecule has 2 aliphatic rings. The number of rotatable bonds is 5. The van der Waals surface area contributed by atoms with Crippen molar-refractivity contribution in [2.75, 3.05) is 13.2 Å². The van der Waals surface area contributed by atoms with Crippen LogP contribution in [0.3, 0.4) is 0 Å². The van der Waals surface area contributed by atoms with E-state index >= 15 is 0 Å². The summed E-state index contributed by atoms with van der Waals surface area (Å²) in [7, 11) is 1.91. The topological polar surface area (TPSA) is 107 Å². The molecule has 2 aliphatic heterocycles. The fourth-order valence-electron chi connectivity index (χ4n) is 5.07. The Labute approximate surface area is 223 Å². The number of hydrogen-bond donors (Lipinski definition) is 2. The molecule has 0 spiro atoms. The Morgan fingerprint density at radius 3 is 2.32 bits per heavy atom. The first-order chi connectivity index (χ1) is 18.5. The summed E-state index contributed by atoms with van der Waals surface area (Å²) in [5.41, 5.74) is 6.91. The van der Waals surface area contributed by atoms with Gasteiger partial charge in [-0.25, -0.2) is 4.98 Å².